The van der Waals surface area contributed by atoms with Crippen molar-refractivity contribution in [3.05, 3.63) is 16.6 Å². The van der Waals surface area contributed by atoms with Crippen LogP contribution in [0.15, 0.2) is 11.7 Å². The maximum Gasteiger partial charge on any atom is 0.327 e. The molecule has 0 bridgehead atoms. The van der Waals surface area contributed by atoms with Gasteiger partial charge >= 0.3 is 12.0 Å². The Morgan fingerprint density at radius 3 is 3.00 bits per heavy atom. The summed E-state index contributed by atoms with van der Waals surface area (Å²) in [6, 6.07) is -1.06. The molecule has 0 spiro atoms. The monoisotopic (exact) mass is 301 g/mol. The highest BCUT2D eigenvalue weighted by atomic mass is 32.2. The molecule has 2 heterocycles. The standard InChI is InChI=1S/C11H15N3O3S2/c1-2-9-14(8(5-18-9)10(15)16)11(17)13-4-7-3-12-6-19-7/h3,6,8-9H,2,4-5H2,1H3,(H,13,17)(H,15,16). The van der Waals surface area contributed by atoms with Crippen molar-refractivity contribution in [2.24, 2.45) is 0 Å². The second-order valence-electron chi connectivity index (χ2n) is 4.08. The van der Waals surface area contributed by atoms with Gasteiger partial charge in [0.25, 0.3) is 0 Å². The first-order valence-electron chi connectivity index (χ1n) is 5.91. The Labute approximate surface area is 119 Å². The Hall–Kier alpha value is -1.28. The van der Waals surface area contributed by atoms with Gasteiger partial charge in [0.15, 0.2) is 0 Å². The molecule has 1 aromatic rings. The van der Waals surface area contributed by atoms with Crippen molar-refractivity contribution < 1.29 is 14.7 Å². The zero-order valence-corrected chi connectivity index (χ0v) is 12.0. The third-order valence-corrected chi connectivity index (χ3v) is 5.09. The van der Waals surface area contributed by atoms with E-state index in [1.165, 1.54) is 28.0 Å². The number of carboxylic acids is 1. The van der Waals surface area contributed by atoms with E-state index in [1.54, 1.807) is 11.7 Å². The van der Waals surface area contributed by atoms with Gasteiger partial charge in [0.2, 0.25) is 0 Å². The number of thiazole rings is 1. The molecule has 104 valence electrons. The Bertz CT molecular complexity index is 452. The molecule has 19 heavy (non-hydrogen) atoms. The van der Waals surface area contributed by atoms with E-state index in [0.717, 1.165) is 11.3 Å². The number of thioether (sulfide) groups is 1. The van der Waals surface area contributed by atoms with Gasteiger partial charge in [-0.2, -0.15) is 0 Å². The average molecular weight is 301 g/mol. The number of amides is 2. The summed E-state index contributed by atoms with van der Waals surface area (Å²) in [7, 11) is 0. The molecule has 0 aromatic carbocycles. The number of carbonyl (C=O) groups excluding carboxylic acids is 1. The van der Waals surface area contributed by atoms with E-state index in [-0.39, 0.29) is 11.4 Å². The molecule has 2 atom stereocenters. The van der Waals surface area contributed by atoms with Gasteiger partial charge in [-0.25, -0.2) is 9.59 Å². The van der Waals surface area contributed by atoms with E-state index >= 15 is 0 Å². The van der Waals surface area contributed by atoms with Gasteiger partial charge in [-0.05, 0) is 6.42 Å². The Morgan fingerprint density at radius 1 is 1.63 bits per heavy atom. The first-order valence-corrected chi connectivity index (χ1v) is 7.84. The molecule has 0 saturated carbocycles. The van der Waals surface area contributed by atoms with Crippen LogP contribution in [0.1, 0.15) is 18.2 Å². The summed E-state index contributed by atoms with van der Waals surface area (Å²) in [6.07, 6.45) is 2.43. The van der Waals surface area contributed by atoms with Gasteiger partial charge in [-0.1, -0.05) is 6.92 Å². The molecular weight excluding hydrogens is 286 g/mol. The Kier molecular flexibility index (Phi) is 4.65. The molecule has 0 aliphatic carbocycles. The van der Waals surface area contributed by atoms with Crippen molar-refractivity contribution in [1.29, 1.82) is 0 Å². The van der Waals surface area contributed by atoms with Crippen LogP contribution in [0.3, 0.4) is 0 Å². The first kappa shape index (κ1) is 14.1. The highest BCUT2D eigenvalue weighted by Gasteiger charge is 2.40. The van der Waals surface area contributed by atoms with Crippen LogP contribution >= 0.6 is 23.1 Å². The molecular formula is C11H15N3O3S2. The normalized spacial score (nSPS) is 22.5. The predicted octanol–water partition coefficient (Wildman–Crippen LogP) is 1.59. The third kappa shape index (κ3) is 3.19. The second kappa shape index (κ2) is 6.25. The number of carboxylic acid groups (broad SMARTS) is 1. The van der Waals surface area contributed by atoms with Gasteiger partial charge in [0, 0.05) is 16.8 Å². The molecule has 1 aliphatic heterocycles. The van der Waals surface area contributed by atoms with E-state index < -0.39 is 12.0 Å². The van der Waals surface area contributed by atoms with Crippen LogP contribution in [0.4, 0.5) is 4.79 Å². The fraction of sp³-hybridized carbons (Fsp3) is 0.545. The Balaban J connectivity index is 2.00. The van der Waals surface area contributed by atoms with Crippen LogP contribution in [0.5, 0.6) is 0 Å². The summed E-state index contributed by atoms with van der Waals surface area (Å²) in [4.78, 5) is 29.6. The summed E-state index contributed by atoms with van der Waals surface area (Å²) in [5.74, 6) is -0.502. The molecule has 2 rings (SSSR count). The number of hydrogen-bond acceptors (Lipinski definition) is 5. The maximum absolute atomic E-state index is 12.1. The molecule has 2 unspecified atom stereocenters. The number of aliphatic carboxylic acids is 1. The van der Waals surface area contributed by atoms with Gasteiger partial charge in [0.05, 0.1) is 17.4 Å². The van der Waals surface area contributed by atoms with E-state index in [0.29, 0.717) is 12.3 Å². The number of rotatable bonds is 4. The second-order valence-corrected chi connectivity index (χ2v) is 6.27. The SMILES string of the molecule is CCC1SCC(C(=O)O)N1C(=O)NCc1cncs1. The van der Waals surface area contributed by atoms with Crippen molar-refractivity contribution in [3.8, 4) is 0 Å². The minimum atomic E-state index is -0.948. The number of nitrogens with one attached hydrogen (secondary N) is 1. The van der Waals surface area contributed by atoms with E-state index in [9.17, 15) is 9.59 Å². The van der Waals surface area contributed by atoms with Crippen molar-refractivity contribution in [3.63, 3.8) is 0 Å². The van der Waals surface area contributed by atoms with Gasteiger partial charge in [-0.3, -0.25) is 9.88 Å². The third-order valence-electron chi connectivity index (χ3n) is 2.86. The smallest absolute Gasteiger partial charge is 0.327 e. The highest BCUT2D eigenvalue weighted by molar-refractivity contribution is 8.00. The first-order chi connectivity index (χ1) is 9.13. The lowest BCUT2D eigenvalue weighted by atomic mass is 10.3. The number of hydrogen-bond donors (Lipinski definition) is 2. The lowest BCUT2D eigenvalue weighted by Crippen LogP contribution is -2.49. The minimum Gasteiger partial charge on any atom is -0.480 e. The van der Waals surface area contributed by atoms with Crippen LogP contribution in [0.2, 0.25) is 0 Å². The molecule has 1 aromatic heterocycles. The van der Waals surface area contributed by atoms with Crippen LogP contribution in [0, 0.1) is 0 Å². The summed E-state index contributed by atoms with van der Waals surface area (Å²) in [6.45, 7) is 2.33. The van der Waals surface area contributed by atoms with Crippen molar-refractivity contribution >= 4 is 35.1 Å². The van der Waals surface area contributed by atoms with E-state index in [1.807, 2.05) is 6.92 Å². The molecule has 1 aliphatic rings. The molecule has 6 nitrogen and oxygen atoms in total. The van der Waals surface area contributed by atoms with Crippen molar-refractivity contribution in [1.82, 2.24) is 15.2 Å². The summed E-state index contributed by atoms with van der Waals surface area (Å²) in [5, 5.41) is 11.8. The number of aromatic nitrogens is 1. The van der Waals surface area contributed by atoms with Crippen LogP contribution in [-0.2, 0) is 11.3 Å². The predicted molar refractivity (Wildman–Crippen MR) is 74.1 cm³/mol. The highest BCUT2D eigenvalue weighted by Crippen LogP contribution is 2.31. The van der Waals surface area contributed by atoms with Gasteiger partial charge in [0.1, 0.15) is 6.04 Å². The fourth-order valence-corrected chi connectivity index (χ4v) is 3.81. The number of nitrogens with zero attached hydrogens (tertiary/aromatic N) is 2. The lowest BCUT2D eigenvalue weighted by Gasteiger charge is -2.26. The van der Waals surface area contributed by atoms with Crippen LogP contribution < -0.4 is 5.32 Å². The molecule has 1 fully saturated rings. The molecule has 2 amide bonds. The summed E-state index contributed by atoms with van der Waals surface area (Å²) in [5.41, 5.74) is 1.70. The lowest BCUT2D eigenvalue weighted by molar-refractivity contribution is -0.141. The largest absolute Gasteiger partial charge is 0.480 e. The molecule has 8 heteroatoms. The summed E-state index contributed by atoms with van der Waals surface area (Å²) < 4.78 is 0. The molecule has 0 radical (unpaired) electrons. The van der Waals surface area contributed by atoms with Gasteiger partial charge in [-0.15, -0.1) is 23.1 Å². The summed E-state index contributed by atoms with van der Waals surface area (Å²) >= 11 is 2.97. The van der Waals surface area contributed by atoms with Crippen molar-refractivity contribution in [2.45, 2.75) is 31.3 Å². The minimum absolute atomic E-state index is 0.0671. The zero-order valence-electron chi connectivity index (χ0n) is 10.4. The van der Waals surface area contributed by atoms with Gasteiger partial charge < -0.3 is 10.4 Å². The van der Waals surface area contributed by atoms with E-state index in [2.05, 4.69) is 10.3 Å². The van der Waals surface area contributed by atoms with Crippen molar-refractivity contribution in [2.75, 3.05) is 5.75 Å². The van der Waals surface area contributed by atoms with E-state index in [4.69, 9.17) is 5.11 Å². The Morgan fingerprint density at radius 2 is 2.42 bits per heavy atom. The number of carbonyl (C=O) groups is 2. The van der Waals surface area contributed by atoms with Crippen LogP contribution in [0.25, 0.3) is 0 Å². The molecule has 2 N–H and O–H groups in total. The molecule has 1 saturated heterocycles. The fourth-order valence-electron chi connectivity index (χ4n) is 1.92. The zero-order chi connectivity index (χ0) is 13.8. The quantitative estimate of drug-likeness (QED) is 0.882. The topological polar surface area (TPSA) is 82.5 Å². The average Bonchev–Trinajstić information content (AvgIpc) is 3.04. The number of urea groups is 1. The van der Waals surface area contributed by atoms with Crippen LogP contribution in [-0.4, -0.2) is 44.2 Å². The maximum atomic E-state index is 12.1.